The van der Waals surface area contributed by atoms with Crippen LogP contribution in [0.4, 0.5) is 0 Å². The minimum Gasteiger partial charge on any atom is -0.304 e. The van der Waals surface area contributed by atoms with E-state index in [1.165, 1.54) is 58.4 Å². The second-order valence-corrected chi connectivity index (χ2v) is 6.23. The van der Waals surface area contributed by atoms with Gasteiger partial charge >= 0.3 is 0 Å². The van der Waals surface area contributed by atoms with E-state index in [0.29, 0.717) is 0 Å². The van der Waals surface area contributed by atoms with Gasteiger partial charge in [-0.15, -0.1) is 0 Å². The summed E-state index contributed by atoms with van der Waals surface area (Å²) in [6, 6.07) is 0.821. The molecule has 0 bridgehead atoms. The summed E-state index contributed by atoms with van der Waals surface area (Å²) in [4.78, 5) is 5.35. The molecule has 0 aromatic carbocycles. The Kier molecular flexibility index (Phi) is 4.87. The van der Waals surface area contributed by atoms with Gasteiger partial charge < -0.3 is 9.80 Å². The first-order valence-corrected chi connectivity index (χ1v) is 7.67. The van der Waals surface area contributed by atoms with Crippen molar-refractivity contribution in [2.45, 2.75) is 52.5 Å². The standard InChI is InChI=1S/C15H30N2/c1-4-16-9-7-15(8-10-16)14(3)17-11-5-13(2)6-12-17/h13-15H,4-12H2,1-3H3. The first kappa shape index (κ1) is 13.4. The van der Waals surface area contributed by atoms with Gasteiger partial charge in [0.1, 0.15) is 0 Å². The highest BCUT2D eigenvalue weighted by Crippen LogP contribution is 2.27. The maximum Gasteiger partial charge on any atom is 0.00961 e. The Morgan fingerprint density at radius 1 is 1.00 bits per heavy atom. The smallest absolute Gasteiger partial charge is 0.00961 e. The molecule has 2 aliphatic heterocycles. The molecule has 2 heteroatoms. The van der Waals surface area contributed by atoms with Gasteiger partial charge in [-0.05, 0) is 77.2 Å². The van der Waals surface area contributed by atoms with E-state index in [0.717, 1.165) is 17.9 Å². The molecule has 2 nitrogen and oxygen atoms in total. The third-order valence-electron chi connectivity index (χ3n) is 5.16. The van der Waals surface area contributed by atoms with Gasteiger partial charge in [-0.25, -0.2) is 0 Å². The van der Waals surface area contributed by atoms with Crippen LogP contribution in [0.15, 0.2) is 0 Å². The van der Waals surface area contributed by atoms with Crippen molar-refractivity contribution in [2.75, 3.05) is 32.7 Å². The fourth-order valence-electron chi connectivity index (χ4n) is 3.49. The van der Waals surface area contributed by atoms with Crippen LogP contribution in [0.25, 0.3) is 0 Å². The molecule has 17 heavy (non-hydrogen) atoms. The van der Waals surface area contributed by atoms with Gasteiger partial charge in [0, 0.05) is 6.04 Å². The Morgan fingerprint density at radius 3 is 2.12 bits per heavy atom. The molecule has 0 radical (unpaired) electrons. The zero-order valence-corrected chi connectivity index (χ0v) is 12.0. The first-order chi connectivity index (χ1) is 8.20. The van der Waals surface area contributed by atoms with Gasteiger partial charge in [-0.2, -0.15) is 0 Å². The summed E-state index contributed by atoms with van der Waals surface area (Å²) in [5, 5.41) is 0. The predicted molar refractivity (Wildman–Crippen MR) is 74.3 cm³/mol. The Morgan fingerprint density at radius 2 is 1.59 bits per heavy atom. The molecule has 0 N–H and O–H groups in total. The molecular weight excluding hydrogens is 208 g/mol. The van der Waals surface area contributed by atoms with E-state index in [4.69, 9.17) is 0 Å². The van der Waals surface area contributed by atoms with Gasteiger partial charge in [0.2, 0.25) is 0 Å². The molecule has 1 unspecified atom stereocenters. The molecule has 2 rings (SSSR count). The minimum absolute atomic E-state index is 0.821. The van der Waals surface area contributed by atoms with Crippen molar-refractivity contribution in [3.8, 4) is 0 Å². The van der Waals surface area contributed by atoms with Crippen molar-refractivity contribution >= 4 is 0 Å². The lowest BCUT2D eigenvalue weighted by atomic mass is 9.87. The quantitative estimate of drug-likeness (QED) is 0.746. The van der Waals surface area contributed by atoms with Gasteiger partial charge in [0.15, 0.2) is 0 Å². The molecule has 100 valence electrons. The molecule has 2 saturated heterocycles. The van der Waals surface area contributed by atoms with Crippen molar-refractivity contribution in [1.29, 1.82) is 0 Å². The molecular formula is C15H30N2. The minimum atomic E-state index is 0.821. The molecule has 2 heterocycles. The lowest BCUT2D eigenvalue weighted by Gasteiger charge is -2.42. The van der Waals surface area contributed by atoms with Crippen molar-refractivity contribution in [1.82, 2.24) is 9.80 Å². The van der Waals surface area contributed by atoms with Crippen LogP contribution in [0.1, 0.15) is 46.5 Å². The highest BCUT2D eigenvalue weighted by atomic mass is 15.2. The number of piperidine rings is 2. The molecule has 0 aliphatic carbocycles. The van der Waals surface area contributed by atoms with E-state index < -0.39 is 0 Å². The first-order valence-electron chi connectivity index (χ1n) is 7.67. The van der Waals surface area contributed by atoms with Gasteiger partial charge in [0.25, 0.3) is 0 Å². The third kappa shape index (κ3) is 3.45. The topological polar surface area (TPSA) is 6.48 Å². The SMILES string of the molecule is CCN1CCC(C(C)N2CCC(C)CC2)CC1. The van der Waals surface area contributed by atoms with Crippen molar-refractivity contribution in [2.24, 2.45) is 11.8 Å². The van der Waals surface area contributed by atoms with Crippen molar-refractivity contribution in [3.63, 3.8) is 0 Å². The number of nitrogens with zero attached hydrogens (tertiary/aromatic N) is 2. The largest absolute Gasteiger partial charge is 0.304 e. The number of likely N-dealkylation sites (tertiary alicyclic amines) is 2. The Balaban J connectivity index is 1.78. The number of hydrogen-bond donors (Lipinski definition) is 0. The van der Waals surface area contributed by atoms with Crippen LogP contribution in [0, 0.1) is 11.8 Å². The summed E-state index contributed by atoms with van der Waals surface area (Å²) in [6.45, 7) is 13.8. The number of hydrogen-bond acceptors (Lipinski definition) is 2. The molecule has 1 atom stereocenters. The van der Waals surface area contributed by atoms with Crippen LogP contribution in [-0.2, 0) is 0 Å². The molecule has 2 fully saturated rings. The molecule has 0 amide bonds. The fourth-order valence-corrected chi connectivity index (χ4v) is 3.49. The summed E-state index contributed by atoms with van der Waals surface area (Å²) >= 11 is 0. The molecule has 0 saturated carbocycles. The monoisotopic (exact) mass is 238 g/mol. The lowest BCUT2D eigenvalue weighted by Crippen LogP contribution is -2.46. The van der Waals surface area contributed by atoms with Gasteiger partial charge in [0.05, 0.1) is 0 Å². The average molecular weight is 238 g/mol. The molecule has 0 spiro atoms. The van der Waals surface area contributed by atoms with Crippen LogP contribution in [0.5, 0.6) is 0 Å². The van der Waals surface area contributed by atoms with E-state index >= 15 is 0 Å². The van der Waals surface area contributed by atoms with E-state index in [1.807, 2.05) is 0 Å². The Labute approximate surface area is 107 Å². The third-order valence-corrected chi connectivity index (χ3v) is 5.16. The number of rotatable bonds is 3. The highest BCUT2D eigenvalue weighted by molar-refractivity contribution is 4.83. The maximum absolute atomic E-state index is 2.76. The second kappa shape index (κ2) is 6.19. The summed E-state index contributed by atoms with van der Waals surface area (Å²) in [5.74, 6) is 1.91. The average Bonchev–Trinajstić information content (AvgIpc) is 2.39. The van der Waals surface area contributed by atoms with Crippen LogP contribution < -0.4 is 0 Å². The van der Waals surface area contributed by atoms with E-state index in [1.54, 1.807) is 0 Å². The Bertz CT molecular complexity index is 213. The van der Waals surface area contributed by atoms with Gasteiger partial charge in [-0.3, -0.25) is 0 Å². The Hall–Kier alpha value is -0.0800. The van der Waals surface area contributed by atoms with Gasteiger partial charge in [-0.1, -0.05) is 13.8 Å². The van der Waals surface area contributed by atoms with Crippen LogP contribution in [0.2, 0.25) is 0 Å². The van der Waals surface area contributed by atoms with Crippen LogP contribution >= 0.6 is 0 Å². The zero-order chi connectivity index (χ0) is 12.3. The van der Waals surface area contributed by atoms with Crippen molar-refractivity contribution in [3.05, 3.63) is 0 Å². The van der Waals surface area contributed by atoms with E-state index in [-0.39, 0.29) is 0 Å². The molecule has 0 aromatic rings. The normalized spacial score (nSPS) is 28.4. The van der Waals surface area contributed by atoms with Crippen molar-refractivity contribution < 1.29 is 0 Å². The molecule has 0 aromatic heterocycles. The summed E-state index contributed by atoms with van der Waals surface area (Å²) in [5.41, 5.74) is 0. The second-order valence-electron chi connectivity index (χ2n) is 6.23. The van der Waals surface area contributed by atoms with Crippen LogP contribution in [-0.4, -0.2) is 48.6 Å². The maximum atomic E-state index is 2.76. The van der Waals surface area contributed by atoms with E-state index in [9.17, 15) is 0 Å². The zero-order valence-electron chi connectivity index (χ0n) is 12.0. The fraction of sp³-hybridized carbons (Fsp3) is 1.00. The van der Waals surface area contributed by atoms with Crippen LogP contribution in [0.3, 0.4) is 0 Å². The summed E-state index contributed by atoms with van der Waals surface area (Å²) in [6.07, 6.45) is 5.67. The summed E-state index contributed by atoms with van der Waals surface area (Å²) < 4.78 is 0. The summed E-state index contributed by atoms with van der Waals surface area (Å²) in [7, 11) is 0. The molecule has 2 aliphatic rings. The lowest BCUT2D eigenvalue weighted by molar-refractivity contribution is 0.0737. The predicted octanol–water partition coefficient (Wildman–Crippen LogP) is 2.84. The highest BCUT2D eigenvalue weighted by Gasteiger charge is 2.28. The van der Waals surface area contributed by atoms with E-state index in [2.05, 4.69) is 30.6 Å².